The molecule has 0 unspecified atom stereocenters. The number of hydrogen-bond acceptors (Lipinski definition) is 3. The van der Waals surface area contributed by atoms with Crippen LogP contribution in [0, 0.1) is 0 Å². The summed E-state index contributed by atoms with van der Waals surface area (Å²) in [7, 11) is 1.11. The van der Waals surface area contributed by atoms with Gasteiger partial charge in [0.05, 0.1) is 13.2 Å². The first-order valence-electron chi connectivity index (χ1n) is 4.94. The minimum atomic E-state index is -4.38. The van der Waals surface area contributed by atoms with Crippen molar-refractivity contribution in [3.63, 3.8) is 0 Å². The van der Waals surface area contributed by atoms with E-state index in [0.717, 1.165) is 7.05 Å². The summed E-state index contributed by atoms with van der Waals surface area (Å²) in [6, 6.07) is 0. The molecule has 0 aliphatic carbocycles. The van der Waals surface area contributed by atoms with E-state index in [2.05, 4.69) is 0 Å². The third-order valence-electron chi connectivity index (χ3n) is 2.06. The SMILES string of the molecule is CCN(CCO)CC(=O)N(C)CC(F)(F)F. The minimum Gasteiger partial charge on any atom is -0.395 e. The van der Waals surface area contributed by atoms with Gasteiger partial charge in [0.1, 0.15) is 6.54 Å². The number of aliphatic hydroxyl groups excluding tert-OH is 1. The van der Waals surface area contributed by atoms with Crippen molar-refractivity contribution in [2.24, 2.45) is 0 Å². The number of aliphatic hydroxyl groups is 1. The molecule has 0 atom stereocenters. The third kappa shape index (κ3) is 6.62. The molecule has 16 heavy (non-hydrogen) atoms. The predicted octanol–water partition coefficient (Wildman–Crippen LogP) is 0.321. The molecular weight excluding hydrogens is 225 g/mol. The Bertz CT molecular complexity index is 221. The van der Waals surface area contributed by atoms with Crippen LogP contribution >= 0.6 is 0 Å². The van der Waals surface area contributed by atoms with E-state index in [4.69, 9.17) is 5.11 Å². The Kier molecular flexibility index (Phi) is 6.35. The van der Waals surface area contributed by atoms with E-state index in [9.17, 15) is 18.0 Å². The monoisotopic (exact) mass is 242 g/mol. The van der Waals surface area contributed by atoms with Gasteiger partial charge in [0.15, 0.2) is 0 Å². The topological polar surface area (TPSA) is 43.8 Å². The molecule has 0 fully saturated rings. The quantitative estimate of drug-likeness (QED) is 0.729. The molecule has 0 bridgehead atoms. The Hall–Kier alpha value is -0.820. The molecule has 0 saturated carbocycles. The molecule has 1 N–H and O–H groups in total. The average molecular weight is 242 g/mol. The smallest absolute Gasteiger partial charge is 0.395 e. The van der Waals surface area contributed by atoms with E-state index < -0.39 is 18.6 Å². The van der Waals surface area contributed by atoms with Crippen molar-refractivity contribution in [3.05, 3.63) is 0 Å². The van der Waals surface area contributed by atoms with Gasteiger partial charge in [-0.25, -0.2) is 0 Å². The lowest BCUT2D eigenvalue weighted by Gasteiger charge is -2.23. The average Bonchev–Trinajstić information content (AvgIpc) is 2.14. The van der Waals surface area contributed by atoms with Gasteiger partial charge >= 0.3 is 6.18 Å². The van der Waals surface area contributed by atoms with Crippen LogP contribution in [-0.2, 0) is 4.79 Å². The number of alkyl halides is 3. The summed E-state index contributed by atoms with van der Waals surface area (Å²) >= 11 is 0. The van der Waals surface area contributed by atoms with Gasteiger partial charge < -0.3 is 10.0 Å². The van der Waals surface area contributed by atoms with Gasteiger partial charge in [-0.2, -0.15) is 13.2 Å². The van der Waals surface area contributed by atoms with E-state index in [0.29, 0.717) is 11.4 Å². The highest BCUT2D eigenvalue weighted by molar-refractivity contribution is 5.78. The number of carbonyl (C=O) groups excluding carboxylic acids is 1. The molecule has 0 saturated heterocycles. The lowest BCUT2D eigenvalue weighted by molar-refractivity contribution is -0.159. The van der Waals surface area contributed by atoms with Gasteiger partial charge in [-0.1, -0.05) is 6.92 Å². The fourth-order valence-corrected chi connectivity index (χ4v) is 1.16. The molecular formula is C9H17F3N2O2. The van der Waals surface area contributed by atoms with Gasteiger partial charge in [0.2, 0.25) is 5.91 Å². The molecule has 0 aromatic heterocycles. The summed E-state index contributed by atoms with van der Waals surface area (Å²) in [6.45, 7) is 1.08. The van der Waals surface area contributed by atoms with Crippen molar-refractivity contribution in [1.29, 1.82) is 0 Å². The minimum absolute atomic E-state index is 0.108. The molecule has 4 nitrogen and oxygen atoms in total. The number of likely N-dealkylation sites (N-methyl/N-ethyl adjacent to an activating group) is 2. The summed E-state index contributed by atoms with van der Waals surface area (Å²) < 4.78 is 36.0. The number of nitrogens with zero attached hydrogens (tertiary/aromatic N) is 2. The second-order valence-electron chi connectivity index (χ2n) is 3.46. The van der Waals surface area contributed by atoms with E-state index >= 15 is 0 Å². The van der Waals surface area contributed by atoms with Crippen molar-refractivity contribution < 1.29 is 23.1 Å². The molecule has 0 aliphatic rings. The third-order valence-corrected chi connectivity index (χ3v) is 2.06. The second kappa shape index (κ2) is 6.70. The number of halogens is 3. The van der Waals surface area contributed by atoms with Gasteiger partial charge in [-0.05, 0) is 6.54 Å². The standard InChI is InChI=1S/C9H17F3N2O2/c1-3-14(4-5-15)6-8(16)13(2)7-9(10,11)12/h15H,3-7H2,1-2H3. The lowest BCUT2D eigenvalue weighted by atomic mass is 10.4. The molecule has 0 rings (SSSR count). The number of rotatable bonds is 6. The first-order valence-corrected chi connectivity index (χ1v) is 4.94. The highest BCUT2D eigenvalue weighted by Crippen LogP contribution is 2.15. The lowest BCUT2D eigenvalue weighted by Crippen LogP contribution is -2.43. The summed E-state index contributed by atoms with van der Waals surface area (Å²) in [5, 5.41) is 8.66. The van der Waals surface area contributed by atoms with Crippen LogP contribution in [0.25, 0.3) is 0 Å². The highest BCUT2D eigenvalue weighted by Gasteiger charge is 2.31. The Morgan fingerprint density at radius 1 is 1.38 bits per heavy atom. The highest BCUT2D eigenvalue weighted by atomic mass is 19.4. The van der Waals surface area contributed by atoms with Crippen LogP contribution in [0.1, 0.15) is 6.92 Å². The maximum atomic E-state index is 12.0. The van der Waals surface area contributed by atoms with Crippen molar-refractivity contribution in [2.45, 2.75) is 13.1 Å². The molecule has 96 valence electrons. The van der Waals surface area contributed by atoms with Gasteiger partial charge in [0.25, 0.3) is 0 Å². The van der Waals surface area contributed by atoms with E-state index in [-0.39, 0.29) is 19.7 Å². The van der Waals surface area contributed by atoms with Crippen molar-refractivity contribution in [2.75, 3.05) is 39.8 Å². The number of amides is 1. The molecule has 0 aromatic carbocycles. The van der Waals surface area contributed by atoms with Crippen molar-refractivity contribution in [3.8, 4) is 0 Å². The zero-order chi connectivity index (χ0) is 12.8. The van der Waals surface area contributed by atoms with Crippen molar-refractivity contribution in [1.82, 2.24) is 9.80 Å². The molecule has 0 spiro atoms. The molecule has 7 heteroatoms. The Morgan fingerprint density at radius 3 is 2.31 bits per heavy atom. The van der Waals surface area contributed by atoms with Crippen LogP contribution in [0.4, 0.5) is 13.2 Å². The fraction of sp³-hybridized carbons (Fsp3) is 0.889. The summed E-state index contributed by atoms with van der Waals surface area (Å²) in [6.07, 6.45) is -4.38. The fourth-order valence-electron chi connectivity index (χ4n) is 1.16. The maximum absolute atomic E-state index is 12.0. The van der Waals surface area contributed by atoms with Crippen LogP contribution in [0.3, 0.4) is 0 Å². The van der Waals surface area contributed by atoms with Crippen LogP contribution in [0.15, 0.2) is 0 Å². The van der Waals surface area contributed by atoms with Crippen molar-refractivity contribution >= 4 is 5.91 Å². The maximum Gasteiger partial charge on any atom is 0.406 e. The van der Waals surface area contributed by atoms with Crippen LogP contribution in [0.5, 0.6) is 0 Å². The summed E-state index contributed by atoms with van der Waals surface area (Å²) in [4.78, 5) is 13.6. The largest absolute Gasteiger partial charge is 0.406 e. The van der Waals surface area contributed by atoms with Gasteiger partial charge in [-0.3, -0.25) is 9.69 Å². The Balaban J connectivity index is 4.13. The first-order chi connectivity index (χ1) is 7.30. The summed E-state index contributed by atoms with van der Waals surface area (Å²) in [5.74, 6) is -0.604. The first kappa shape index (κ1) is 15.2. The summed E-state index contributed by atoms with van der Waals surface area (Å²) in [5.41, 5.74) is 0. The van der Waals surface area contributed by atoms with Crippen LogP contribution in [0.2, 0.25) is 0 Å². The molecule has 0 heterocycles. The Labute approximate surface area is 92.6 Å². The number of hydrogen-bond donors (Lipinski definition) is 1. The molecule has 0 aliphatic heterocycles. The zero-order valence-electron chi connectivity index (χ0n) is 9.42. The number of carbonyl (C=O) groups is 1. The van der Waals surface area contributed by atoms with Gasteiger partial charge in [-0.15, -0.1) is 0 Å². The predicted molar refractivity (Wildman–Crippen MR) is 52.9 cm³/mol. The van der Waals surface area contributed by atoms with Gasteiger partial charge in [0, 0.05) is 13.6 Å². The van der Waals surface area contributed by atoms with E-state index in [1.165, 1.54) is 0 Å². The molecule has 1 amide bonds. The van der Waals surface area contributed by atoms with E-state index in [1.54, 1.807) is 11.8 Å². The van der Waals surface area contributed by atoms with Crippen LogP contribution < -0.4 is 0 Å². The molecule has 0 aromatic rings. The van der Waals surface area contributed by atoms with Crippen LogP contribution in [-0.4, -0.2) is 66.8 Å². The zero-order valence-corrected chi connectivity index (χ0v) is 9.42. The van der Waals surface area contributed by atoms with E-state index in [1.807, 2.05) is 0 Å². The second-order valence-corrected chi connectivity index (χ2v) is 3.46. The molecule has 0 radical (unpaired) electrons. The normalized spacial score (nSPS) is 11.9. The Morgan fingerprint density at radius 2 is 1.94 bits per heavy atom.